The van der Waals surface area contributed by atoms with Crippen LogP contribution in [0, 0.1) is 6.92 Å². The molecule has 1 amide bonds. The number of anilines is 1. The molecule has 0 aliphatic carbocycles. The Labute approximate surface area is 139 Å². The number of likely N-dealkylation sites (tertiary alicyclic amines) is 1. The van der Waals surface area contributed by atoms with E-state index in [-0.39, 0.29) is 10.8 Å². The van der Waals surface area contributed by atoms with Gasteiger partial charge in [-0.05, 0) is 44.0 Å². The van der Waals surface area contributed by atoms with Crippen molar-refractivity contribution in [3.8, 4) is 0 Å². The van der Waals surface area contributed by atoms with E-state index in [0.717, 1.165) is 30.8 Å². The fraction of sp³-hybridized carbons (Fsp3) is 0.333. The predicted octanol–water partition coefficient (Wildman–Crippen LogP) is 2.49. The second-order valence-electron chi connectivity index (χ2n) is 5.41. The first-order valence-corrected chi connectivity index (χ1v) is 9.60. The molecule has 1 aromatic carbocycles. The third-order valence-electron chi connectivity index (χ3n) is 3.65. The van der Waals surface area contributed by atoms with Crippen LogP contribution in [0.25, 0.3) is 0 Å². The Bertz CT molecular complexity index is 807. The van der Waals surface area contributed by atoms with Gasteiger partial charge in [-0.2, -0.15) is 0 Å². The maximum absolute atomic E-state index is 12.3. The fourth-order valence-corrected chi connectivity index (χ4v) is 4.36. The van der Waals surface area contributed by atoms with Crippen molar-refractivity contribution in [1.82, 2.24) is 9.88 Å². The zero-order valence-corrected chi connectivity index (χ0v) is 14.3. The zero-order valence-electron chi connectivity index (χ0n) is 12.7. The van der Waals surface area contributed by atoms with Gasteiger partial charge in [0.2, 0.25) is 0 Å². The third-order valence-corrected chi connectivity index (χ3v) is 5.96. The Morgan fingerprint density at radius 2 is 1.87 bits per heavy atom. The minimum atomic E-state index is -3.69. The van der Waals surface area contributed by atoms with E-state index in [9.17, 15) is 13.2 Å². The van der Waals surface area contributed by atoms with Crippen LogP contribution >= 0.6 is 11.3 Å². The van der Waals surface area contributed by atoms with Crippen LogP contribution in [-0.2, 0) is 10.0 Å². The molecule has 0 saturated carbocycles. The topological polar surface area (TPSA) is 79.4 Å². The number of thiazole rings is 1. The molecule has 1 fully saturated rings. The van der Waals surface area contributed by atoms with Gasteiger partial charge in [-0.3, -0.25) is 9.52 Å². The van der Waals surface area contributed by atoms with Crippen molar-refractivity contribution in [1.29, 1.82) is 0 Å². The molecule has 1 aliphatic heterocycles. The lowest BCUT2D eigenvalue weighted by Crippen LogP contribution is -2.27. The summed E-state index contributed by atoms with van der Waals surface area (Å²) in [5.41, 5.74) is 0.510. The summed E-state index contributed by atoms with van der Waals surface area (Å²) in [5.74, 6) is -0.0463. The summed E-state index contributed by atoms with van der Waals surface area (Å²) in [6.07, 6.45) is 3.66. The summed E-state index contributed by atoms with van der Waals surface area (Å²) in [6.45, 7) is 3.39. The second kappa shape index (κ2) is 6.29. The first-order valence-electron chi connectivity index (χ1n) is 7.30. The molecule has 1 N–H and O–H groups in total. The molecule has 1 aromatic heterocycles. The van der Waals surface area contributed by atoms with Crippen LogP contribution < -0.4 is 4.72 Å². The molecule has 23 heavy (non-hydrogen) atoms. The van der Waals surface area contributed by atoms with Gasteiger partial charge in [0.1, 0.15) is 0 Å². The van der Waals surface area contributed by atoms with Gasteiger partial charge in [0.25, 0.3) is 15.9 Å². The normalized spacial score (nSPS) is 14.9. The number of rotatable bonds is 4. The van der Waals surface area contributed by atoms with E-state index in [1.807, 2.05) is 6.92 Å². The molecule has 8 heteroatoms. The SMILES string of the molecule is Cc1cnc(NS(=O)(=O)c2ccc(C(=O)N3CCCC3)cc2)s1. The standard InChI is InChI=1S/C15H17N3O3S2/c1-11-10-16-15(22-11)17-23(20,21)13-6-4-12(5-7-13)14(19)18-8-2-3-9-18/h4-7,10H,2-3,8-9H2,1H3,(H,16,17). The van der Waals surface area contributed by atoms with Crippen molar-refractivity contribution in [2.75, 3.05) is 17.8 Å². The molecule has 1 aliphatic rings. The summed E-state index contributed by atoms with van der Waals surface area (Å²) in [5, 5.41) is 0.333. The number of aromatic nitrogens is 1. The van der Waals surface area contributed by atoms with Crippen molar-refractivity contribution in [2.45, 2.75) is 24.7 Å². The number of amides is 1. The highest BCUT2D eigenvalue weighted by molar-refractivity contribution is 7.93. The number of benzene rings is 1. The van der Waals surface area contributed by atoms with Gasteiger partial charge in [-0.25, -0.2) is 13.4 Å². The number of aryl methyl sites for hydroxylation is 1. The molecule has 2 heterocycles. The van der Waals surface area contributed by atoms with E-state index in [4.69, 9.17) is 0 Å². The molecule has 6 nitrogen and oxygen atoms in total. The van der Waals surface area contributed by atoms with Crippen LogP contribution in [0.4, 0.5) is 5.13 Å². The Morgan fingerprint density at radius 1 is 1.22 bits per heavy atom. The number of carbonyl (C=O) groups is 1. The van der Waals surface area contributed by atoms with Gasteiger partial charge >= 0.3 is 0 Å². The van der Waals surface area contributed by atoms with E-state index >= 15 is 0 Å². The number of carbonyl (C=O) groups excluding carboxylic acids is 1. The monoisotopic (exact) mass is 351 g/mol. The van der Waals surface area contributed by atoms with Crippen molar-refractivity contribution in [2.24, 2.45) is 0 Å². The van der Waals surface area contributed by atoms with Crippen LogP contribution in [0.1, 0.15) is 28.1 Å². The predicted molar refractivity (Wildman–Crippen MR) is 89.2 cm³/mol. The van der Waals surface area contributed by atoms with Gasteiger partial charge in [0.05, 0.1) is 4.90 Å². The molecule has 0 unspecified atom stereocenters. The van der Waals surface area contributed by atoms with Crippen LogP contribution in [0.5, 0.6) is 0 Å². The molecule has 1 saturated heterocycles. The molecule has 0 atom stereocenters. The zero-order chi connectivity index (χ0) is 16.4. The van der Waals surface area contributed by atoms with Crippen molar-refractivity contribution < 1.29 is 13.2 Å². The lowest BCUT2D eigenvalue weighted by molar-refractivity contribution is 0.0792. The highest BCUT2D eigenvalue weighted by atomic mass is 32.2. The molecule has 3 rings (SSSR count). The number of nitrogens with zero attached hydrogens (tertiary/aromatic N) is 2. The molecule has 0 radical (unpaired) electrons. The number of hydrogen-bond acceptors (Lipinski definition) is 5. The minimum absolute atomic E-state index is 0.0463. The van der Waals surface area contributed by atoms with Crippen molar-refractivity contribution >= 4 is 32.4 Å². The van der Waals surface area contributed by atoms with Gasteiger partial charge in [0.15, 0.2) is 5.13 Å². The van der Waals surface area contributed by atoms with Gasteiger partial charge in [-0.1, -0.05) is 0 Å². The van der Waals surface area contributed by atoms with E-state index in [1.54, 1.807) is 23.2 Å². The number of sulfonamides is 1. The lowest BCUT2D eigenvalue weighted by atomic mass is 10.2. The number of hydrogen-bond donors (Lipinski definition) is 1. The first-order chi connectivity index (χ1) is 11.0. The van der Waals surface area contributed by atoms with Crippen LogP contribution in [0.15, 0.2) is 35.4 Å². The fourth-order valence-electron chi connectivity index (χ4n) is 2.46. The third kappa shape index (κ3) is 3.53. The Kier molecular flexibility index (Phi) is 4.36. The average Bonchev–Trinajstić information content (AvgIpc) is 3.18. The highest BCUT2D eigenvalue weighted by Crippen LogP contribution is 2.21. The van der Waals surface area contributed by atoms with Gasteiger partial charge in [0, 0.05) is 29.7 Å². The minimum Gasteiger partial charge on any atom is -0.339 e. The van der Waals surface area contributed by atoms with Gasteiger partial charge < -0.3 is 4.90 Å². The van der Waals surface area contributed by atoms with E-state index in [2.05, 4.69) is 9.71 Å². The summed E-state index contributed by atoms with van der Waals surface area (Å²) in [7, 11) is -3.69. The average molecular weight is 351 g/mol. The van der Waals surface area contributed by atoms with Crippen LogP contribution in [0.2, 0.25) is 0 Å². The molecular weight excluding hydrogens is 334 g/mol. The smallest absolute Gasteiger partial charge is 0.263 e. The molecular formula is C15H17N3O3S2. The quantitative estimate of drug-likeness (QED) is 0.918. The Balaban J connectivity index is 1.76. The van der Waals surface area contributed by atoms with Crippen molar-refractivity contribution in [3.63, 3.8) is 0 Å². The molecule has 0 spiro atoms. The Hall–Kier alpha value is -1.93. The largest absolute Gasteiger partial charge is 0.339 e. The van der Waals surface area contributed by atoms with E-state index in [1.165, 1.54) is 23.5 Å². The van der Waals surface area contributed by atoms with Gasteiger partial charge in [-0.15, -0.1) is 11.3 Å². The lowest BCUT2D eigenvalue weighted by Gasteiger charge is -2.15. The molecule has 0 bridgehead atoms. The summed E-state index contributed by atoms with van der Waals surface area (Å²) in [4.78, 5) is 19.1. The second-order valence-corrected chi connectivity index (χ2v) is 8.32. The Morgan fingerprint density at radius 3 is 2.43 bits per heavy atom. The molecule has 122 valence electrons. The number of nitrogens with one attached hydrogen (secondary N) is 1. The maximum atomic E-state index is 12.3. The van der Waals surface area contributed by atoms with Crippen molar-refractivity contribution in [3.05, 3.63) is 40.9 Å². The van der Waals surface area contributed by atoms with Crippen LogP contribution in [-0.4, -0.2) is 37.3 Å². The summed E-state index contributed by atoms with van der Waals surface area (Å²) >= 11 is 1.27. The first kappa shape index (κ1) is 15.9. The highest BCUT2D eigenvalue weighted by Gasteiger charge is 2.21. The summed E-state index contributed by atoms with van der Waals surface area (Å²) < 4.78 is 27.1. The van der Waals surface area contributed by atoms with E-state index in [0.29, 0.717) is 10.7 Å². The van der Waals surface area contributed by atoms with Crippen LogP contribution in [0.3, 0.4) is 0 Å². The maximum Gasteiger partial charge on any atom is 0.263 e. The van der Waals surface area contributed by atoms with E-state index < -0.39 is 10.0 Å². The summed E-state index contributed by atoms with van der Waals surface area (Å²) in [6, 6.07) is 6.02. The molecule has 2 aromatic rings.